The van der Waals surface area contributed by atoms with E-state index in [1.165, 1.54) is 23.5 Å². The van der Waals surface area contributed by atoms with E-state index >= 15 is 0 Å². The Hall–Kier alpha value is -1.34. The third-order valence-electron chi connectivity index (χ3n) is 6.63. The van der Waals surface area contributed by atoms with Crippen LogP contribution in [0.4, 0.5) is 0 Å². The van der Waals surface area contributed by atoms with Crippen LogP contribution in [-0.2, 0) is 9.59 Å². The van der Waals surface area contributed by atoms with E-state index in [1.54, 1.807) is 0 Å². The van der Waals surface area contributed by atoms with Gasteiger partial charge in [-0.05, 0) is 67.2 Å². The minimum atomic E-state index is 0.0140. The van der Waals surface area contributed by atoms with Crippen LogP contribution in [0.15, 0.2) is 24.3 Å². The summed E-state index contributed by atoms with van der Waals surface area (Å²) in [5.74, 6) is 4.30. The molecular weight excluding hydrogens is 428 g/mol. The van der Waals surface area contributed by atoms with Gasteiger partial charge in [-0.1, -0.05) is 19.1 Å². The molecule has 170 valence electrons. The SMILES string of the molecule is CC1CCN(C(=O)C2CCN(C(=O)COc3ccc(C4SCCCS4)cc3)CC2)CC1. The molecule has 4 rings (SSSR count). The lowest BCUT2D eigenvalue weighted by molar-refractivity contribution is -0.142. The second kappa shape index (κ2) is 11.0. The molecule has 1 aromatic rings. The molecule has 3 aliphatic rings. The summed E-state index contributed by atoms with van der Waals surface area (Å²) in [6.45, 7) is 5.41. The van der Waals surface area contributed by atoms with Crippen molar-refractivity contribution in [3.05, 3.63) is 29.8 Å². The highest BCUT2D eigenvalue weighted by Crippen LogP contribution is 2.43. The van der Waals surface area contributed by atoms with Crippen molar-refractivity contribution in [1.29, 1.82) is 0 Å². The maximum atomic E-state index is 12.8. The summed E-state index contributed by atoms with van der Waals surface area (Å²) < 4.78 is 6.28. The third kappa shape index (κ3) is 6.13. The average Bonchev–Trinajstić information content (AvgIpc) is 2.83. The lowest BCUT2D eigenvalue weighted by Gasteiger charge is -2.36. The Morgan fingerprint density at radius 1 is 0.935 bits per heavy atom. The quantitative estimate of drug-likeness (QED) is 0.648. The number of likely N-dealkylation sites (tertiary alicyclic amines) is 2. The van der Waals surface area contributed by atoms with E-state index in [-0.39, 0.29) is 18.4 Å². The summed E-state index contributed by atoms with van der Waals surface area (Å²) in [4.78, 5) is 29.3. The van der Waals surface area contributed by atoms with Gasteiger partial charge in [0.15, 0.2) is 6.61 Å². The van der Waals surface area contributed by atoms with Gasteiger partial charge in [-0.25, -0.2) is 0 Å². The fourth-order valence-corrected chi connectivity index (χ4v) is 7.40. The Kier molecular flexibility index (Phi) is 8.10. The van der Waals surface area contributed by atoms with Gasteiger partial charge in [0.2, 0.25) is 5.91 Å². The maximum absolute atomic E-state index is 12.8. The van der Waals surface area contributed by atoms with E-state index in [0.717, 1.165) is 50.4 Å². The molecule has 0 aromatic heterocycles. The van der Waals surface area contributed by atoms with Crippen molar-refractivity contribution in [3.63, 3.8) is 0 Å². The third-order valence-corrected chi connectivity index (χ3v) is 9.65. The summed E-state index contributed by atoms with van der Waals surface area (Å²) >= 11 is 4.01. The molecule has 3 fully saturated rings. The standard InChI is InChI=1S/C24H34N2O3S2/c1-18-7-11-26(12-8-18)23(28)19-9-13-25(14-10-19)22(27)17-29-21-5-3-20(4-6-21)24-30-15-2-16-31-24/h3-6,18-19,24H,2,7-17H2,1H3. The van der Waals surface area contributed by atoms with Crippen molar-refractivity contribution in [2.45, 2.75) is 43.6 Å². The lowest BCUT2D eigenvalue weighted by Crippen LogP contribution is -2.47. The molecule has 0 radical (unpaired) electrons. The van der Waals surface area contributed by atoms with Crippen molar-refractivity contribution in [2.75, 3.05) is 44.3 Å². The van der Waals surface area contributed by atoms with E-state index in [0.29, 0.717) is 23.6 Å². The van der Waals surface area contributed by atoms with Gasteiger partial charge in [0.05, 0.1) is 4.58 Å². The molecule has 0 unspecified atom stereocenters. The number of piperidine rings is 2. The Morgan fingerprint density at radius 2 is 1.55 bits per heavy atom. The molecule has 3 saturated heterocycles. The maximum Gasteiger partial charge on any atom is 0.260 e. The topological polar surface area (TPSA) is 49.9 Å². The van der Waals surface area contributed by atoms with Crippen molar-refractivity contribution in [3.8, 4) is 5.75 Å². The number of carbonyl (C=O) groups excluding carboxylic acids is 2. The number of thioether (sulfide) groups is 2. The van der Waals surface area contributed by atoms with Crippen LogP contribution in [0.25, 0.3) is 0 Å². The fraction of sp³-hybridized carbons (Fsp3) is 0.667. The zero-order chi connectivity index (χ0) is 21.6. The molecule has 1 aromatic carbocycles. The summed E-state index contributed by atoms with van der Waals surface area (Å²) in [7, 11) is 0. The van der Waals surface area contributed by atoms with Gasteiger partial charge in [-0.3, -0.25) is 9.59 Å². The first-order valence-electron chi connectivity index (χ1n) is 11.6. The molecule has 0 bridgehead atoms. The first-order chi connectivity index (χ1) is 15.1. The largest absolute Gasteiger partial charge is 0.484 e. The predicted octanol–water partition coefficient (Wildman–Crippen LogP) is 4.43. The zero-order valence-electron chi connectivity index (χ0n) is 18.5. The first-order valence-corrected chi connectivity index (χ1v) is 13.7. The molecule has 3 heterocycles. The van der Waals surface area contributed by atoms with Crippen molar-refractivity contribution >= 4 is 35.3 Å². The first kappa shape index (κ1) is 22.8. The number of amides is 2. The van der Waals surface area contributed by atoms with Crippen molar-refractivity contribution < 1.29 is 14.3 Å². The molecule has 5 nitrogen and oxygen atoms in total. The summed E-state index contributed by atoms with van der Waals surface area (Å²) in [5.41, 5.74) is 1.32. The fourth-order valence-electron chi connectivity index (χ4n) is 4.50. The van der Waals surface area contributed by atoms with Crippen LogP contribution in [0, 0.1) is 11.8 Å². The number of rotatable bonds is 5. The number of hydrogen-bond donors (Lipinski definition) is 0. The zero-order valence-corrected chi connectivity index (χ0v) is 20.1. The summed E-state index contributed by atoms with van der Waals surface area (Å²) in [6, 6.07) is 8.19. The smallest absolute Gasteiger partial charge is 0.260 e. The lowest BCUT2D eigenvalue weighted by atomic mass is 9.92. The Labute approximate surface area is 194 Å². The van der Waals surface area contributed by atoms with Crippen LogP contribution >= 0.6 is 23.5 Å². The molecule has 3 aliphatic heterocycles. The van der Waals surface area contributed by atoms with E-state index in [2.05, 4.69) is 19.1 Å². The Balaban J connectivity index is 1.19. The molecule has 2 amide bonds. The van der Waals surface area contributed by atoms with Crippen LogP contribution in [-0.4, -0.2) is 65.9 Å². The molecule has 0 saturated carbocycles. The molecule has 0 atom stereocenters. The van der Waals surface area contributed by atoms with Crippen LogP contribution < -0.4 is 4.74 Å². The monoisotopic (exact) mass is 462 g/mol. The highest BCUT2D eigenvalue weighted by molar-refractivity contribution is 8.16. The normalized spacial score (nSPS) is 21.8. The average molecular weight is 463 g/mol. The molecule has 7 heteroatoms. The van der Waals surface area contributed by atoms with Gasteiger partial charge in [0.25, 0.3) is 5.91 Å². The van der Waals surface area contributed by atoms with Crippen LogP contribution in [0.2, 0.25) is 0 Å². The van der Waals surface area contributed by atoms with E-state index < -0.39 is 0 Å². The van der Waals surface area contributed by atoms with Crippen molar-refractivity contribution in [2.24, 2.45) is 11.8 Å². The van der Waals surface area contributed by atoms with Crippen LogP contribution in [0.5, 0.6) is 5.75 Å². The molecule has 31 heavy (non-hydrogen) atoms. The summed E-state index contributed by atoms with van der Waals surface area (Å²) in [5, 5.41) is 0. The van der Waals surface area contributed by atoms with Gasteiger partial charge in [-0.2, -0.15) is 0 Å². The number of hydrogen-bond acceptors (Lipinski definition) is 5. The van der Waals surface area contributed by atoms with Crippen LogP contribution in [0.1, 0.15) is 49.2 Å². The second-order valence-corrected chi connectivity index (χ2v) is 11.7. The van der Waals surface area contributed by atoms with Crippen LogP contribution in [0.3, 0.4) is 0 Å². The number of benzene rings is 1. The van der Waals surface area contributed by atoms with Crippen molar-refractivity contribution in [1.82, 2.24) is 9.80 Å². The Morgan fingerprint density at radius 3 is 2.19 bits per heavy atom. The summed E-state index contributed by atoms with van der Waals surface area (Å²) in [6.07, 6.45) is 5.04. The van der Waals surface area contributed by atoms with Gasteiger partial charge in [0, 0.05) is 32.1 Å². The minimum Gasteiger partial charge on any atom is -0.484 e. The van der Waals surface area contributed by atoms with Gasteiger partial charge in [0.1, 0.15) is 5.75 Å². The highest BCUT2D eigenvalue weighted by Gasteiger charge is 2.31. The van der Waals surface area contributed by atoms with E-state index in [1.807, 2.05) is 45.5 Å². The molecule has 0 N–H and O–H groups in total. The second-order valence-electron chi connectivity index (χ2n) is 8.95. The highest BCUT2D eigenvalue weighted by atomic mass is 32.2. The van der Waals surface area contributed by atoms with E-state index in [9.17, 15) is 9.59 Å². The Bertz CT molecular complexity index is 736. The van der Waals surface area contributed by atoms with Gasteiger partial charge >= 0.3 is 0 Å². The van der Waals surface area contributed by atoms with Gasteiger partial charge in [-0.15, -0.1) is 23.5 Å². The molecular formula is C24H34N2O3S2. The minimum absolute atomic E-state index is 0.0140. The predicted molar refractivity (Wildman–Crippen MR) is 128 cm³/mol. The number of ether oxygens (including phenoxy) is 1. The number of nitrogens with zero attached hydrogens (tertiary/aromatic N) is 2. The van der Waals surface area contributed by atoms with E-state index in [4.69, 9.17) is 4.74 Å². The van der Waals surface area contributed by atoms with Gasteiger partial charge < -0.3 is 14.5 Å². The molecule has 0 spiro atoms. The number of carbonyl (C=O) groups is 2. The molecule has 0 aliphatic carbocycles.